The third-order valence-electron chi connectivity index (χ3n) is 7.37. The second-order valence-corrected chi connectivity index (χ2v) is 9.61. The minimum Gasteiger partial charge on any atom is -0.394 e. The van der Waals surface area contributed by atoms with Crippen molar-refractivity contribution in [3.8, 4) is 0 Å². The van der Waals surface area contributed by atoms with E-state index >= 15 is 0 Å². The molecule has 3 N–H and O–H groups in total. The van der Waals surface area contributed by atoms with Gasteiger partial charge in [-0.25, -0.2) is 0 Å². The smallest absolute Gasteiger partial charge is 0.243 e. The van der Waals surface area contributed by atoms with Crippen LogP contribution in [0.3, 0.4) is 0 Å². The molecule has 1 heterocycles. The summed E-state index contributed by atoms with van der Waals surface area (Å²) in [6.07, 6.45) is 6.89. The van der Waals surface area contributed by atoms with Crippen molar-refractivity contribution in [1.29, 1.82) is 0 Å². The molecule has 0 saturated carbocycles. The Morgan fingerprint density at radius 2 is 1.82 bits per heavy atom. The van der Waals surface area contributed by atoms with Gasteiger partial charge in [0.2, 0.25) is 17.7 Å². The summed E-state index contributed by atoms with van der Waals surface area (Å²) in [5.74, 6) is -2.28. The summed E-state index contributed by atoms with van der Waals surface area (Å²) >= 11 is 0. The minimum atomic E-state index is -0.765. The van der Waals surface area contributed by atoms with Crippen LogP contribution in [0.5, 0.6) is 0 Å². The largest absolute Gasteiger partial charge is 0.394 e. The fraction of sp³-hybridized carbons (Fsp3) is 0.593. The van der Waals surface area contributed by atoms with E-state index in [4.69, 9.17) is 0 Å². The molecule has 1 aromatic carbocycles. The number of benzene rings is 1. The summed E-state index contributed by atoms with van der Waals surface area (Å²) in [5.41, 5.74) is 0.979. The van der Waals surface area contributed by atoms with Gasteiger partial charge in [0.25, 0.3) is 0 Å². The first-order chi connectivity index (χ1) is 16.4. The number of amides is 3. The average Bonchev–Trinajstić information content (AvgIpc) is 3.14. The molecule has 1 saturated heterocycles. The molecule has 7 heteroatoms. The normalized spacial score (nSPS) is 27.7. The van der Waals surface area contributed by atoms with E-state index in [-0.39, 0.29) is 36.3 Å². The van der Waals surface area contributed by atoms with Crippen LogP contribution in [-0.2, 0) is 20.8 Å². The monoisotopic (exact) mass is 469 g/mol. The fourth-order valence-corrected chi connectivity index (χ4v) is 5.72. The van der Waals surface area contributed by atoms with Crippen LogP contribution in [0.25, 0.3) is 0 Å². The maximum absolute atomic E-state index is 14.0. The number of likely N-dealkylation sites (tertiary alicyclic amines) is 1. The van der Waals surface area contributed by atoms with Gasteiger partial charge in [0, 0.05) is 19.0 Å². The van der Waals surface area contributed by atoms with Crippen molar-refractivity contribution in [2.24, 2.45) is 23.7 Å². The number of rotatable bonds is 10. The summed E-state index contributed by atoms with van der Waals surface area (Å²) in [4.78, 5) is 42.1. The van der Waals surface area contributed by atoms with Crippen LogP contribution >= 0.6 is 0 Å². The molecule has 3 rings (SSSR count). The molecule has 1 aliphatic carbocycles. The second-order valence-electron chi connectivity index (χ2n) is 9.61. The molecule has 2 aliphatic rings. The molecule has 1 unspecified atom stereocenters. The van der Waals surface area contributed by atoms with Crippen LogP contribution in [0.15, 0.2) is 42.5 Å². The van der Waals surface area contributed by atoms with E-state index in [9.17, 15) is 19.5 Å². The highest BCUT2D eigenvalue weighted by atomic mass is 16.3. The van der Waals surface area contributed by atoms with Crippen molar-refractivity contribution in [3.63, 3.8) is 0 Å². The van der Waals surface area contributed by atoms with Crippen molar-refractivity contribution in [1.82, 2.24) is 15.5 Å². The Balaban J connectivity index is 2.02. The van der Waals surface area contributed by atoms with Gasteiger partial charge in [0.05, 0.1) is 24.5 Å². The van der Waals surface area contributed by atoms with Crippen LogP contribution in [-0.4, -0.2) is 59.5 Å². The zero-order chi connectivity index (χ0) is 24.8. The topological polar surface area (TPSA) is 98.7 Å². The SMILES string of the molecule is CCCC(C)NC(=O)[C@@H]1[C@H]2C=C[C@@H](CC)[C@@H](C(=O)NC)[C@@H]2C(=O)N1[C@@H](CO)Cc1ccccc1. The molecule has 0 spiro atoms. The van der Waals surface area contributed by atoms with Crippen LogP contribution in [0.4, 0.5) is 0 Å². The lowest BCUT2D eigenvalue weighted by molar-refractivity contribution is -0.143. The summed E-state index contributed by atoms with van der Waals surface area (Å²) in [6.45, 7) is 5.77. The molecule has 1 fully saturated rings. The van der Waals surface area contributed by atoms with Gasteiger partial charge in [-0.15, -0.1) is 0 Å². The summed E-state index contributed by atoms with van der Waals surface area (Å²) in [6, 6.07) is 8.31. The van der Waals surface area contributed by atoms with Crippen LogP contribution in [0.2, 0.25) is 0 Å². The van der Waals surface area contributed by atoms with E-state index in [1.807, 2.05) is 56.3 Å². The first-order valence-corrected chi connectivity index (χ1v) is 12.5. The van der Waals surface area contributed by atoms with E-state index in [2.05, 4.69) is 17.6 Å². The van der Waals surface area contributed by atoms with E-state index in [1.54, 1.807) is 11.9 Å². The fourth-order valence-electron chi connectivity index (χ4n) is 5.72. The van der Waals surface area contributed by atoms with Gasteiger partial charge in [-0.2, -0.15) is 0 Å². The predicted octanol–water partition coefficient (Wildman–Crippen LogP) is 2.30. The molecule has 0 aromatic heterocycles. The Morgan fingerprint density at radius 1 is 1.12 bits per heavy atom. The first-order valence-electron chi connectivity index (χ1n) is 12.5. The molecule has 186 valence electrons. The zero-order valence-corrected chi connectivity index (χ0v) is 20.7. The Kier molecular flexibility index (Phi) is 8.89. The number of carbonyl (C=O) groups is 3. The molecular weight excluding hydrogens is 430 g/mol. The molecule has 7 nitrogen and oxygen atoms in total. The van der Waals surface area contributed by atoms with E-state index < -0.39 is 29.8 Å². The number of aliphatic hydroxyl groups excluding tert-OH is 1. The predicted molar refractivity (Wildman–Crippen MR) is 132 cm³/mol. The summed E-state index contributed by atoms with van der Waals surface area (Å²) in [5, 5.41) is 16.2. The number of hydrogen-bond donors (Lipinski definition) is 3. The maximum Gasteiger partial charge on any atom is 0.243 e. The highest BCUT2D eigenvalue weighted by Gasteiger charge is 2.58. The zero-order valence-electron chi connectivity index (χ0n) is 20.7. The van der Waals surface area contributed by atoms with Gasteiger partial charge >= 0.3 is 0 Å². The highest BCUT2D eigenvalue weighted by Crippen LogP contribution is 2.45. The van der Waals surface area contributed by atoms with Crippen LogP contribution < -0.4 is 10.6 Å². The van der Waals surface area contributed by atoms with Gasteiger partial charge in [-0.05, 0) is 37.7 Å². The second kappa shape index (κ2) is 11.6. The number of carbonyl (C=O) groups excluding carboxylic acids is 3. The van der Waals surface area contributed by atoms with Crippen molar-refractivity contribution >= 4 is 17.7 Å². The molecule has 0 bridgehead atoms. The lowest BCUT2D eigenvalue weighted by atomic mass is 9.69. The van der Waals surface area contributed by atoms with Gasteiger partial charge in [0.1, 0.15) is 6.04 Å². The average molecular weight is 470 g/mol. The van der Waals surface area contributed by atoms with Crippen molar-refractivity contribution in [3.05, 3.63) is 48.0 Å². The number of allylic oxidation sites excluding steroid dienone is 1. The lowest BCUT2D eigenvalue weighted by Gasteiger charge is -2.34. The van der Waals surface area contributed by atoms with Gasteiger partial charge in [-0.1, -0.05) is 62.8 Å². The molecule has 34 heavy (non-hydrogen) atoms. The van der Waals surface area contributed by atoms with E-state index in [0.717, 1.165) is 24.8 Å². The summed E-state index contributed by atoms with van der Waals surface area (Å²) < 4.78 is 0. The Morgan fingerprint density at radius 3 is 2.41 bits per heavy atom. The van der Waals surface area contributed by atoms with Gasteiger partial charge < -0.3 is 20.6 Å². The Hall–Kier alpha value is -2.67. The van der Waals surface area contributed by atoms with E-state index in [0.29, 0.717) is 6.42 Å². The molecular formula is C27H39N3O4. The van der Waals surface area contributed by atoms with Gasteiger partial charge in [0.15, 0.2) is 0 Å². The number of hydrogen-bond acceptors (Lipinski definition) is 4. The molecule has 1 aliphatic heterocycles. The van der Waals surface area contributed by atoms with Crippen LogP contribution in [0, 0.1) is 23.7 Å². The number of aliphatic hydroxyl groups is 1. The van der Waals surface area contributed by atoms with Crippen molar-refractivity contribution in [2.45, 2.75) is 64.6 Å². The third kappa shape index (κ3) is 5.19. The number of nitrogens with zero attached hydrogens (tertiary/aromatic N) is 1. The summed E-state index contributed by atoms with van der Waals surface area (Å²) in [7, 11) is 1.59. The lowest BCUT2D eigenvalue weighted by Crippen LogP contribution is -2.54. The number of fused-ring (bicyclic) bond motifs is 1. The molecule has 0 radical (unpaired) electrons. The standard InChI is InChI=1S/C27H39N3O4/c1-5-10-17(3)29-26(33)24-21-14-13-19(6-2)22(25(32)28-4)23(21)27(34)30(24)20(16-31)15-18-11-8-7-9-12-18/h7-9,11-14,17,19-24,31H,5-6,10,15-16H2,1-4H3,(H,28,32)(H,29,33)/t17?,19-,20-,21+,22-,23-,24+/m1/s1. The van der Waals surface area contributed by atoms with Gasteiger partial charge in [-0.3, -0.25) is 14.4 Å². The van der Waals surface area contributed by atoms with Crippen molar-refractivity contribution in [2.75, 3.05) is 13.7 Å². The third-order valence-corrected chi connectivity index (χ3v) is 7.37. The molecule has 7 atom stereocenters. The van der Waals surface area contributed by atoms with Crippen LogP contribution in [0.1, 0.15) is 45.6 Å². The quantitative estimate of drug-likeness (QED) is 0.458. The first kappa shape index (κ1) is 25.9. The molecule has 3 amide bonds. The minimum absolute atomic E-state index is 0.0269. The van der Waals surface area contributed by atoms with E-state index in [1.165, 1.54) is 0 Å². The molecule has 1 aromatic rings. The Bertz CT molecular complexity index is 887. The number of nitrogens with one attached hydrogen (secondary N) is 2. The maximum atomic E-state index is 14.0. The highest BCUT2D eigenvalue weighted by molar-refractivity contribution is 5.97. The van der Waals surface area contributed by atoms with Crippen molar-refractivity contribution < 1.29 is 19.5 Å². The Labute approximate surface area is 203 Å².